The molecule has 0 spiro atoms. The van der Waals surface area contributed by atoms with Crippen LogP contribution in [0, 0.1) is 12.3 Å². The molecular weight excluding hydrogens is 198 g/mol. The molecule has 3 heteroatoms. The molecule has 0 saturated heterocycles. The van der Waals surface area contributed by atoms with Crippen molar-refractivity contribution in [1.29, 1.82) is 0 Å². The largest absolute Gasteiger partial charge is 0.366 e. The summed E-state index contributed by atoms with van der Waals surface area (Å²) in [5.74, 6) is 1.03. The van der Waals surface area contributed by atoms with E-state index in [1.54, 1.807) is 0 Å². The molecule has 1 heterocycles. The third-order valence-electron chi connectivity index (χ3n) is 3.67. The molecule has 0 bridgehead atoms. The second kappa shape index (κ2) is 4.11. The maximum absolute atomic E-state index is 4.46. The van der Waals surface area contributed by atoms with Gasteiger partial charge in [-0.1, -0.05) is 20.3 Å². The molecule has 1 atom stereocenters. The molecular formula is C13H23N3. The van der Waals surface area contributed by atoms with E-state index >= 15 is 0 Å². The van der Waals surface area contributed by atoms with Crippen LogP contribution >= 0.6 is 0 Å². The van der Waals surface area contributed by atoms with Crippen molar-refractivity contribution in [3.63, 3.8) is 0 Å². The highest BCUT2D eigenvalue weighted by molar-refractivity contribution is 5.36. The Morgan fingerprint density at radius 1 is 1.50 bits per heavy atom. The number of rotatable bonds is 2. The summed E-state index contributed by atoms with van der Waals surface area (Å²) in [5.41, 5.74) is 1.69. The number of nitrogens with zero attached hydrogens (tertiary/aromatic N) is 2. The van der Waals surface area contributed by atoms with Crippen molar-refractivity contribution >= 4 is 5.82 Å². The molecule has 0 aliphatic heterocycles. The molecule has 90 valence electrons. The van der Waals surface area contributed by atoms with E-state index in [0.717, 1.165) is 5.82 Å². The number of aromatic nitrogens is 2. The van der Waals surface area contributed by atoms with Crippen LogP contribution < -0.4 is 5.32 Å². The van der Waals surface area contributed by atoms with Gasteiger partial charge < -0.3 is 5.32 Å². The number of anilines is 1. The summed E-state index contributed by atoms with van der Waals surface area (Å²) in [6.07, 6.45) is 5.21. The van der Waals surface area contributed by atoms with Crippen LogP contribution in [0.5, 0.6) is 0 Å². The monoisotopic (exact) mass is 221 g/mol. The highest BCUT2D eigenvalue weighted by Crippen LogP contribution is 2.36. The lowest BCUT2D eigenvalue weighted by Gasteiger charge is -2.35. The third-order valence-corrected chi connectivity index (χ3v) is 3.67. The topological polar surface area (TPSA) is 29.9 Å². The zero-order chi connectivity index (χ0) is 11.8. The van der Waals surface area contributed by atoms with Crippen molar-refractivity contribution in [2.75, 3.05) is 5.32 Å². The maximum Gasteiger partial charge on any atom is 0.148 e. The molecule has 1 aliphatic carbocycles. The van der Waals surface area contributed by atoms with Gasteiger partial charge in [-0.25, -0.2) is 0 Å². The molecule has 1 unspecified atom stereocenters. The lowest BCUT2D eigenvalue weighted by atomic mass is 9.75. The minimum Gasteiger partial charge on any atom is -0.366 e. The van der Waals surface area contributed by atoms with Gasteiger partial charge in [-0.15, -0.1) is 0 Å². The Labute approximate surface area is 98.2 Å². The molecule has 1 aromatic rings. The van der Waals surface area contributed by atoms with Gasteiger partial charge in [0.2, 0.25) is 0 Å². The summed E-state index contributed by atoms with van der Waals surface area (Å²) in [7, 11) is 1.99. The highest BCUT2D eigenvalue weighted by atomic mass is 15.3. The highest BCUT2D eigenvalue weighted by Gasteiger charge is 2.28. The van der Waals surface area contributed by atoms with Crippen LogP contribution in [0.15, 0.2) is 6.07 Å². The Morgan fingerprint density at radius 2 is 2.25 bits per heavy atom. The minimum atomic E-state index is 0.486. The molecule has 0 radical (unpaired) electrons. The van der Waals surface area contributed by atoms with Gasteiger partial charge in [-0.3, -0.25) is 4.68 Å². The van der Waals surface area contributed by atoms with E-state index in [0.29, 0.717) is 11.5 Å². The molecule has 1 N–H and O–H groups in total. The Bertz CT molecular complexity index is 346. The molecule has 0 aromatic carbocycles. The lowest BCUT2D eigenvalue weighted by Crippen LogP contribution is -2.31. The predicted octanol–water partition coefficient (Wildman–Crippen LogP) is 3.11. The molecule has 1 aliphatic rings. The average Bonchev–Trinajstić information content (AvgIpc) is 2.43. The Kier molecular flexibility index (Phi) is 2.96. The van der Waals surface area contributed by atoms with Crippen LogP contribution in [0.2, 0.25) is 0 Å². The fourth-order valence-electron chi connectivity index (χ4n) is 2.66. The third kappa shape index (κ3) is 2.57. The van der Waals surface area contributed by atoms with Gasteiger partial charge in [0.05, 0.1) is 0 Å². The summed E-state index contributed by atoms with van der Waals surface area (Å²) < 4.78 is 1.93. The van der Waals surface area contributed by atoms with Crippen molar-refractivity contribution in [1.82, 2.24) is 9.78 Å². The van der Waals surface area contributed by atoms with Crippen molar-refractivity contribution < 1.29 is 0 Å². The minimum absolute atomic E-state index is 0.486. The zero-order valence-electron chi connectivity index (χ0n) is 10.9. The second-order valence-electron chi connectivity index (χ2n) is 5.90. The Hall–Kier alpha value is -0.990. The molecule has 1 fully saturated rings. The molecule has 16 heavy (non-hydrogen) atoms. The van der Waals surface area contributed by atoms with E-state index in [9.17, 15) is 0 Å². The van der Waals surface area contributed by atoms with Gasteiger partial charge in [0.1, 0.15) is 5.82 Å². The van der Waals surface area contributed by atoms with Gasteiger partial charge in [0, 0.05) is 24.8 Å². The van der Waals surface area contributed by atoms with E-state index < -0.39 is 0 Å². The summed E-state index contributed by atoms with van der Waals surface area (Å²) in [5, 5.41) is 8.02. The fourth-order valence-corrected chi connectivity index (χ4v) is 2.66. The van der Waals surface area contributed by atoms with Crippen LogP contribution in [-0.4, -0.2) is 15.8 Å². The van der Waals surface area contributed by atoms with Crippen LogP contribution in [0.1, 0.15) is 45.2 Å². The van der Waals surface area contributed by atoms with Gasteiger partial charge in [0.25, 0.3) is 0 Å². The number of aryl methyl sites for hydroxylation is 2. The van der Waals surface area contributed by atoms with Gasteiger partial charge in [-0.2, -0.15) is 5.10 Å². The van der Waals surface area contributed by atoms with Crippen LogP contribution in [0.4, 0.5) is 5.82 Å². The first-order chi connectivity index (χ1) is 7.46. The molecule has 2 rings (SSSR count). The summed E-state index contributed by atoms with van der Waals surface area (Å²) >= 11 is 0. The quantitative estimate of drug-likeness (QED) is 0.831. The first-order valence-electron chi connectivity index (χ1n) is 6.23. The Balaban J connectivity index is 1.99. The van der Waals surface area contributed by atoms with Crippen molar-refractivity contribution in [3.05, 3.63) is 11.8 Å². The molecule has 0 amide bonds. The first kappa shape index (κ1) is 11.5. The van der Waals surface area contributed by atoms with Gasteiger partial charge in [-0.05, 0) is 31.6 Å². The van der Waals surface area contributed by atoms with E-state index in [4.69, 9.17) is 0 Å². The summed E-state index contributed by atoms with van der Waals surface area (Å²) in [6, 6.07) is 2.72. The van der Waals surface area contributed by atoms with Crippen LogP contribution in [0.25, 0.3) is 0 Å². The first-order valence-corrected chi connectivity index (χ1v) is 6.23. The van der Waals surface area contributed by atoms with E-state index in [2.05, 4.69) is 37.3 Å². The van der Waals surface area contributed by atoms with Crippen LogP contribution in [0.3, 0.4) is 0 Å². The standard InChI is InChI=1S/C13H23N3/c1-10-8-12(15-16(10)4)14-11-6-5-7-13(2,3)9-11/h8,11H,5-7,9H2,1-4H3,(H,14,15). The second-order valence-corrected chi connectivity index (χ2v) is 5.90. The van der Waals surface area contributed by atoms with E-state index in [1.165, 1.54) is 31.4 Å². The lowest BCUT2D eigenvalue weighted by molar-refractivity contribution is 0.229. The fraction of sp³-hybridized carbons (Fsp3) is 0.769. The normalized spacial score (nSPS) is 24.4. The van der Waals surface area contributed by atoms with E-state index in [-0.39, 0.29) is 0 Å². The molecule has 1 aromatic heterocycles. The maximum atomic E-state index is 4.46. The number of hydrogen-bond donors (Lipinski definition) is 1. The molecule has 3 nitrogen and oxygen atoms in total. The average molecular weight is 221 g/mol. The van der Waals surface area contributed by atoms with Gasteiger partial charge >= 0.3 is 0 Å². The summed E-state index contributed by atoms with van der Waals surface area (Å²) in [4.78, 5) is 0. The smallest absolute Gasteiger partial charge is 0.148 e. The van der Waals surface area contributed by atoms with E-state index in [1.807, 2.05) is 11.7 Å². The Morgan fingerprint density at radius 3 is 2.81 bits per heavy atom. The predicted molar refractivity (Wildman–Crippen MR) is 67.6 cm³/mol. The molecule has 1 saturated carbocycles. The van der Waals surface area contributed by atoms with Crippen molar-refractivity contribution in [2.45, 2.75) is 52.5 Å². The SMILES string of the molecule is Cc1cc(NC2CCCC(C)(C)C2)nn1C. The number of nitrogens with one attached hydrogen (secondary N) is 1. The zero-order valence-corrected chi connectivity index (χ0v) is 10.9. The number of hydrogen-bond acceptors (Lipinski definition) is 2. The summed E-state index contributed by atoms with van der Waals surface area (Å²) in [6.45, 7) is 6.82. The van der Waals surface area contributed by atoms with Crippen molar-refractivity contribution in [2.24, 2.45) is 12.5 Å². The van der Waals surface area contributed by atoms with Crippen molar-refractivity contribution in [3.8, 4) is 0 Å². The van der Waals surface area contributed by atoms with Gasteiger partial charge in [0.15, 0.2) is 0 Å². The van der Waals surface area contributed by atoms with Crippen LogP contribution in [-0.2, 0) is 7.05 Å².